The first-order chi connectivity index (χ1) is 7.90. The quantitative estimate of drug-likeness (QED) is 0.513. The highest BCUT2D eigenvalue weighted by Crippen LogP contribution is 2.18. The monoisotopic (exact) mass is 205 g/mol. The fraction of sp³-hybridized carbons (Fsp3) is 0. The molecule has 2 aromatic rings. The third-order valence-corrected chi connectivity index (χ3v) is 2.29. The van der Waals surface area contributed by atoms with Gasteiger partial charge >= 0.3 is 0 Å². The van der Waals surface area contributed by atoms with Crippen molar-refractivity contribution in [2.45, 2.75) is 0 Å². The summed E-state index contributed by atoms with van der Waals surface area (Å²) in [4.78, 5) is 3.56. The largest absolute Gasteiger partial charge is 0.238 e. The van der Waals surface area contributed by atoms with Gasteiger partial charge in [0.2, 0.25) is 0 Å². The first kappa shape index (κ1) is 10.2. The zero-order valence-corrected chi connectivity index (χ0v) is 8.80. The lowest BCUT2D eigenvalue weighted by Gasteiger charge is -1.98. The van der Waals surface area contributed by atoms with Gasteiger partial charge in [0.05, 0.1) is 6.57 Å². The van der Waals surface area contributed by atoms with Crippen molar-refractivity contribution in [1.82, 2.24) is 0 Å². The van der Waals surface area contributed by atoms with Crippen molar-refractivity contribution in [2.24, 2.45) is 0 Å². The van der Waals surface area contributed by atoms with E-state index in [1.165, 1.54) is 0 Å². The summed E-state index contributed by atoms with van der Waals surface area (Å²) in [6.07, 6.45) is 1.91. The van der Waals surface area contributed by atoms with Crippen molar-refractivity contribution >= 4 is 11.8 Å². The van der Waals surface area contributed by atoms with Crippen molar-refractivity contribution in [2.75, 3.05) is 0 Å². The van der Waals surface area contributed by atoms with Crippen LogP contribution in [0.2, 0.25) is 0 Å². The molecule has 0 N–H and O–H groups in total. The Hall–Kier alpha value is -2.33. The first-order valence-electron chi connectivity index (χ1n) is 5.10. The fourth-order valence-electron chi connectivity index (χ4n) is 1.50. The topological polar surface area (TPSA) is 4.36 Å². The van der Waals surface area contributed by atoms with Crippen LogP contribution < -0.4 is 0 Å². The van der Waals surface area contributed by atoms with E-state index >= 15 is 0 Å². The summed E-state index contributed by atoms with van der Waals surface area (Å²) in [5.41, 5.74) is 2.69. The molecule has 0 atom stereocenters. The molecule has 0 aliphatic carbocycles. The molecule has 1 heteroatoms. The van der Waals surface area contributed by atoms with Crippen LogP contribution in [-0.4, -0.2) is 0 Å². The molecule has 0 aliphatic heterocycles. The molecule has 16 heavy (non-hydrogen) atoms. The highest BCUT2D eigenvalue weighted by atomic mass is 14.7. The number of nitrogens with zero attached hydrogens (tertiary/aromatic N) is 1. The highest BCUT2D eigenvalue weighted by molar-refractivity contribution is 5.85. The van der Waals surface area contributed by atoms with E-state index in [1.54, 1.807) is 0 Å². The van der Waals surface area contributed by atoms with Crippen molar-refractivity contribution in [3.8, 4) is 0 Å². The second-order valence-electron chi connectivity index (χ2n) is 3.42. The second kappa shape index (κ2) is 4.95. The zero-order chi connectivity index (χ0) is 11.2. The highest BCUT2D eigenvalue weighted by Gasteiger charge is 1.99. The lowest BCUT2D eigenvalue weighted by Crippen LogP contribution is -1.78. The van der Waals surface area contributed by atoms with Crippen molar-refractivity contribution in [1.29, 1.82) is 0 Å². The van der Waals surface area contributed by atoms with E-state index in [9.17, 15) is 0 Å². The molecule has 76 valence electrons. The molecular weight excluding hydrogens is 194 g/mol. The van der Waals surface area contributed by atoms with Crippen molar-refractivity contribution in [3.05, 3.63) is 83.2 Å². The Morgan fingerprint density at radius 1 is 0.875 bits per heavy atom. The summed E-state index contributed by atoms with van der Waals surface area (Å²) < 4.78 is 0. The average Bonchev–Trinajstić information content (AvgIpc) is 2.38. The Morgan fingerprint density at radius 3 is 2.00 bits per heavy atom. The Bertz CT molecular complexity index is 518. The van der Waals surface area contributed by atoms with Crippen molar-refractivity contribution in [3.63, 3.8) is 0 Å². The van der Waals surface area contributed by atoms with Gasteiger partial charge in [-0.3, -0.25) is 0 Å². The lowest BCUT2D eigenvalue weighted by atomic mass is 10.1. The minimum absolute atomic E-state index is 0.673. The Balaban J connectivity index is 2.39. The van der Waals surface area contributed by atoms with E-state index in [4.69, 9.17) is 6.57 Å². The van der Waals surface area contributed by atoms with Crippen molar-refractivity contribution < 1.29 is 0 Å². The fourth-order valence-corrected chi connectivity index (χ4v) is 1.50. The Kier molecular flexibility index (Phi) is 3.15. The third-order valence-electron chi connectivity index (χ3n) is 2.29. The van der Waals surface area contributed by atoms with Crippen LogP contribution in [0, 0.1) is 6.57 Å². The van der Waals surface area contributed by atoms with Gasteiger partial charge in [-0.1, -0.05) is 60.7 Å². The molecule has 0 aliphatic rings. The summed E-state index contributed by atoms with van der Waals surface area (Å²) in [7, 11) is 0. The van der Waals surface area contributed by atoms with E-state index in [0.717, 1.165) is 11.1 Å². The van der Waals surface area contributed by atoms with Gasteiger partial charge in [-0.05, 0) is 17.2 Å². The van der Waals surface area contributed by atoms with Gasteiger partial charge in [0.15, 0.2) is 5.70 Å². The molecule has 0 spiro atoms. The van der Waals surface area contributed by atoms with Gasteiger partial charge in [0, 0.05) is 0 Å². The third kappa shape index (κ3) is 2.37. The molecule has 0 aromatic heterocycles. The maximum atomic E-state index is 7.20. The van der Waals surface area contributed by atoms with Gasteiger partial charge in [0.1, 0.15) is 0 Å². The van der Waals surface area contributed by atoms with Crippen LogP contribution in [0.1, 0.15) is 11.1 Å². The van der Waals surface area contributed by atoms with Crippen LogP contribution in [0.4, 0.5) is 0 Å². The molecule has 0 fully saturated rings. The molecule has 2 aromatic carbocycles. The molecule has 1 nitrogen and oxygen atoms in total. The Morgan fingerprint density at radius 2 is 1.44 bits per heavy atom. The maximum Gasteiger partial charge on any atom is 0.194 e. The van der Waals surface area contributed by atoms with Crippen LogP contribution in [0.5, 0.6) is 0 Å². The van der Waals surface area contributed by atoms with Crippen LogP contribution in [-0.2, 0) is 0 Å². The van der Waals surface area contributed by atoms with E-state index < -0.39 is 0 Å². The van der Waals surface area contributed by atoms with Gasteiger partial charge in [-0.25, -0.2) is 4.85 Å². The summed E-state index contributed by atoms with van der Waals surface area (Å²) in [5.74, 6) is 0. The summed E-state index contributed by atoms with van der Waals surface area (Å²) in [6.45, 7) is 7.20. The summed E-state index contributed by atoms with van der Waals surface area (Å²) >= 11 is 0. The van der Waals surface area contributed by atoms with Crippen LogP contribution in [0.3, 0.4) is 0 Å². The van der Waals surface area contributed by atoms with Gasteiger partial charge < -0.3 is 0 Å². The molecule has 0 radical (unpaired) electrons. The van der Waals surface area contributed by atoms with E-state index in [-0.39, 0.29) is 0 Å². The molecule has 0 saturated carbocycles. The molecule has 0 bridgehead atoms. The number of benzene rings is 2. The lowest BCUT2D eigenvalue weighted by molar-refractivity contribution is 1.61. The van der Waals surface area contributed by atoms with E-state index in [0.29, 0.717) is 5.70 Å². The predicted octanol–water partition coefficient (Wildman–Crippen LogP) is 4.10. The van der Waals surface area contributed by atoms with Gasteiger partial charge in [-0.15, -0.1) is 0 Å². The molecule has 0 amide bonds. The smallest absolute Gasteiger partial charge is 0.194 e. The average molecular weight is 205 g/mol. The standard InChI is InChI=1S/C15H11N/c1-16-15(14-10-6-3-7-11-14)12-13-8-4-2-5-9-13/h2-12H. The minimum Gasteiger partial charge on any atom is -0.238 e. The SMILES string of the molecule is [C-]#[N+]C(=Cc1ccccc1)c1ccccc1. The number of hydrogen-bond acceptors (Lipinski definition) is 0. The van der Waals surface area contributed by atoms with E-state index in [2.05, 4.69) is 4.85 Å². The van der Waals surface area contributed by atoms with Gasteiger partial charge in [0.25, 0.3) is 0 Å². The number of rotatable bonds is 2. The Labute approximate surface area is 95.5 Å². The number of hydrogen-bond donors (Lipinski definition) is 0. The predicted molar refractivity (Wildman–Crippen MR) is 67.4 cm³/mol. The summed E-state index contributed by atoms with van der Waals surface area (Å²) in [6, 6.07) is 19.6. The normalized spacial score (nSPS) is 10.8. The van der Waals surface area contributed by atoms with Crippen LogP contribution >= 0.6 is 0 Å². The summed E-state index contributed by atoms with van der Waals surface area (Å²) in [5, 5.41) is 0. The molecule has 0 saturated heterocycles. The van der Waals surface area contributed by atoms with E-state index in [1.807, 2.05) is 66.7 Å². The molecular formula is C15H11N. The van der Waals surface area contributed by atoms with Gasteiger partial charge in [-0.2, -0.15) is 0 Å². The minimum atomic E-state index is 0.673. The van der Waals surface area contributed by atoms with Crippen LogP contribution in [0.15, 0.2) is 60.7 Å². The molecule has 0 unspecified atom stereocenters. The van der Waals surface area contributed by atoms with Crippen LogP contribution in [0.25, 0.3) is 16.6 Å². The molecule has 0 heterocycles. The first-order valence-corrected chi connectivity index (χ1v) is 5.10. The zero-order valence-electron chi connectivity index (χ0n) is 8.80. The molecule has 2 rings (SSSR count). The maximum absolute atomic E-state index is 7.20. The second-order valence-corrected chi connectivity index (χ2v) is 3.42.